The molecule has 3 aromatic heterocycles. The Morgan fingerprint density at radius 1 is 1.10 bits per heavy atom. The topological polar surface area (TPSA) is 120 Å². The van der Waals surface area contributed by atoms with Crippen LogP contribution in [-0.4, -0.2) is 94.5 Å². The van der Waals surface area contributed by atoms with Crippen LogP contribution in [0.25, 0.3) is 10.2 Å². The molecule has 1 aliphatic heterocycles. The van der Waals surface area contributed by atoms with Crippen LogP contribution < -0.4 is 15.0 Å². The Bertz CT molecular complexity index is 1950. The molecule has 0 aliphatic carbocycles. The average molecular weight is 687 g/mol. The normalized spacial score (nSPS) is 13.7. The van der Waals surface area contributed by atoms with Crippen molar-refractivity contribution < 1.29 is 19.0 Å². The largest absolute Gasteiger partial charge is 0.491 e. The molecule has 4 heterocycles. The van der Waals surface area contributed by atoms with E-state index in [1.54, 1.807) is 24.1 Å². The Morgan fingerprint density at radius 2 is 1.92 bits per heavy atom. The highest BCUT2D eigenvalue weighted by Crippen LogP contribution is 2.33. The predicted octanol–water partition coefficient (Wildman–Crippen LogP) is 5.81. The molecule has 5 aromatic rings. The quantitative estimate of drug-likeness (QED) is 0.129. The first-order chi connectivity index (χ1) is 23.2. The minimum Gasteiger partial charge on any atom is -0.491 e. The molecule has 0 saturated carbocycles. The lowest BCUT2D eigenvalue weighted by Gasteiger charge is -2.30. The van der Waals surface area contributed by atoms with Gasteiger partial charge in [-0.15, -0.1) is 21.5 Å². The maximum Gasteiger partial charge on any atom is 0.355 e. The van der Waals surface area contributed by atoms with Gasteiger partial charge in [-0.25, -0.2) is 19.2 Å². The summed E-state index contributed by atoms with van der Waals surface area (Å²) in [5.41, 5.74) is 2.33. The third kappa shape index (κ3) is 8.06. The summed E-state index contributed by atoms with van der Waals surface area (Å²) in [5, 5.41) is 23.0. The second kappa shape index (κ2) is 15.0. The minimum atomic E-state index is -1.12. The molecule has 48 heavy (non-hydrogen) atoms. The van der Waals surface area contributed by atoms with Gasteiger partial charge in [0.15, 0.2) is 39.2 Å². The maximum absolute atomic E-state index is 14.7. The molecule has 11 nitrogen and oxygen atoms in total. The van der Waals surface area contributed by atoms with Crippen molar-refractivity contribution in [1.29, 1.82) is 0 Å². The van der Waals surface area contributed by atoms with Gasteiger partial charge in [0.1, 0.15) is 0 Å². The molecule has 1 saturated heterocycles. The van der Waals surface area contributed by atoms with Gasteiger partial charge in [0.05, 0.1) is 23.4 Å². The monoisotopic (exact) mass is 686 g/mol. The SMILES string of the molecule is Cc1cc(N(C)c2nc(C(=O)O)c(CCCOc3ccc(C#CCN4CCN(C)CC4)cc3F)s2)nnc1Nc1nc2ccccc2s1. The van der Waals surface area contributed by atoms with Crippen molar-refractivity contribution in [2.24, 2.45) is 0 Å². The Hall–Kier alpha value is -4.68. The van der Waals surface area contributed by atoms with E-state index in [0.29, 0.717) is 46.6 Å². The summed E-state index contributed by atoms with van der Waals surface area (Å²) in [6, 6.07) is 14.5. The Balaban J connectivity index is 1.03. The lowest BCUT2D eigenvalue weighted by atomic mass is 10.2. The number of aromatic nitrogens is 4. The number of carbonyl (C=O) groups is 1. The number of hydrogen-bond acceptors (Lipinski definition) is 12. The lowest BCUT2D eigenvalue weighted by molar-refractivity contribution is 0.0690. The number of hydrogen-bond donors (Lipinski definition) is 2. The molecule has 0 atom stereocenters. The molecule has 248 valence electrons. The van der Waals surface area contributed by atoms with E-state index >= 15 is 0 Å². The van der Waals surface area contributed by atoms with E-state index in [0.717, 1.165) is 47.1 Å². The number of halogens is 1. The number of anilines is 4. The van der Waals surface area contributed by atoms with Gasteiger partial charge in [0.25, 0.3) is 0 Å². The number of fused-ring (bicyclic) bond motifs is 1. The molecule has 0 bridgehead atoms. The van der Waals surface area contributed by atoms with Crippen LogP contribution in [0.4, 0.5) is 26.3 Å². The van der Waals surface area contributed by atoms with Gasteiger partial charge in [-0.2, -0.15) is 0 Å². The maximum atomic E-state index is 14.7. The number of ether oxygens (including phenoxy) is 1. The Kier molecular flexibility index (Phi) is 10.4. The Labute approximate surface area is 286 Å². The van der Waals surface area contributed by atoms with Crippen LogP contribution in [-0.2, 0) is 6.42 Å². The molecule has 2 N–H and O–H groups in total. The summed E-state index contributed by atoms with van der Waals surface area (Å²) in [6.07, 6.45) is 0.878. The van der Waals surface area contributed by atoms with Crippen LogP contribution in [0.5, 0.6) is 5.75 Å². The highest BCUT2D eigenvalue weighted by atomic mass is 32.1. The van der Waals surface area contributed by atoms with Gasteiger partial charge in [-0.3, -0.25) is 4.90 Å². The van der Waals surface area contributed by atoms with Crippen molar-refractivity contribution in [2.75, 3.05) is 63.6 Å². The zero-order valence-electron chi connectivity index (χ0n) is 26.9. The number of benzene rings is 2. The third-order valence-corrected chi connectivity index (χ3v) is 10.0. The van der Waals surface area contributed by atoms with Crippen LogP contribution >= 0.6 is 22.7 Å². The first-order valence-electron chi connectivity index (χ1n) is 15.5. The first kappa shape index (κ1) is 33.2. The number of aromatic carboxylic acids is 1. The number of piperazine rings is 1. The van der Waals surface area contributed by atoms with Gasteiger partial charge < -0.3 is 25.0 Å². The van der Waals surface area contributed by atoms with Crippen molar-refractivity contribution in [2.45, 2.75) is 19.8 Å². The predicted molar refractivity (Wildman–Crippen MR) is 188 cm³/mol. The number of nitrogens with one attached hydrogen (secondary N) is 1. The lowest BCUT2D eigenvalue weighted by Crippen LogP contribution is -2.44. The highest BCUT2D eigenvalue weighted by Gasteiger charge is 2.21. The van der Waals surface area contributed by atoms with Crippen LogP contribution in [0.15, 0.2) is 48.5 Å². The average Bonchev–Trinajstić information content (AvgIpc) is 3.70. The number of thiazole rings is 2. The molecular formula is C34H35FN8O3S2. The molecular weight excluding hydrogens is 652 g/mol. The fourth-order valence-corrected chi connectivity index (χ4v) is 7.00. The second-order valence-electron chi connectivity index (χ2n) is 11.5. The van der Waals surface area contributed by atoms with E-state index in [1.165, 1.54) is 28.7 Å². The molecule has 1 fully saturated rings. The van der Waals surface area contributed by atoms with E-state index in [-0.39, 0.29) is 18.1 Å². The summed E-state index contributed by atoms with van der Waals surface area (Å²) < 4.78 is 21.5. The standard InChI is InChI=1S/C34H35FN8O3S2/c1-22-20-29(39-40-31(22)38-33-36-25-9-4-5-10-27(25)47-33)42(3)34-37-30(32(44)45)28(48-34)11-7-19-46-26-13-12-23(21-24(26)35)8-6-14-43-17-15-41(2)16-18-43/h4-5,9-10,12-13,20-21H,7,11,14-19H2,1-3H3,(H,44,45)(H,36,38,40). The zero-order chi connectivity index (χ0) is 33.6. The third-order valence-electron chi connectivity index (χ3n) is 7.88. The van der Waals surface area contributed by atoms with Crippen LogP contribution in [0.3, 0.4) is 0 Å². The smallest absolute Gasteiger partial charge is 0.355 e. The summed E-state index contributed by atoms with van der Waals surface area (Å²) in [7, 11) is 3.88. The van der Waals surface area contributed by atoms with Crippen molar-refractivity contribution in [1.82, 2.24) is 30.0 Å². The molecule has 0 unspecified atom stereocenters. The number of nitrogens with zero attached hydrogens (tertiary/aromatic N) is 7. The fraction of sp³-hybridized carbons (Fsp3) is 0.324. The highest BCUT2D eigenvalue weighted by molar-refractivity contribution is 7.22. The van der Waals surface area contributed by atoms with Crippen molar-refractivity contribution in [3.8, 4) is 17.6 Å². The molecule has 14 heteroatoms. The molecule has 1 aliphatic rings. The Morgan fingerprint density at radius 3 is 2.67 bits per heavy atom. The second-order valence-corrected chi connectivity index (χ2v) is 13.5. The van der Waals surface area contributed by atoms with Crippen LogP contribution in [0.1, 0.15) is 32.9 Å². The molecule has 2 aromatic carbocycles. The number of para-hydroxylation sites is 1. The van der Waals surface area contributed by atoms with E-state index in [1.807, 2.05) is 37.3 Å². The van der Waals surface area contributed by atoms with E-state index in [2.05, 4.69) is 54.2 Å². The van der Waals surface area contributed by atoms with Gasteiger partial charge in [0, 0.05) is 43.7 Å². The van der Waals surface area contributed by atoms with Gasteiger partial charge in [-0.05, 0) is 68.8 Å². The summed E-state index contributed by atoms with van der Waals surface area (Å²) in [5.74, 6) is 5.82. The first-order valence-corrected chi connectivity index (χ1v) is 17.1. The van der Waals surface area contributed by atoms with E-state index < -0.39 is 11.8 Å². The number of carboxylic acids is 1. The van der Waals surface area contributed by atoms with Crippen molar-refractivity contribution in [3.05, 3.63) is 76.0 Å². The van der Waals surface area contributed by atoms with Crippen LogP contribution in [0, 0.1) is 24.6 Å². The summed E-state index contributed by atoms with van der Waals surface area (Å²) in [4.78, 5) is 27.9. The van der Waals surface area contributed by atoms with Gasteiger partial charge in [0.2, 0.25) is 0 Å². The zero-order valence-corrected chi connectivity index (χ0v) is 28.5. The van der Waals surface area contributed by atoms with Crippen molar-refractivity contribution >= 4 is 60.8 Å². The molecule has 0 amide bonds. The molecule has 6 rings (SSSR count). The molecule has 0 spiro atoms. The minimum absolute atomic E-state index is 0.0219. The van der Waals surface area contributed by atoms with Crippen LogP contribution in [0.2, 0.25) is 0 Å². The fourth-order valence-electron chi connectivity index (χ4n) is 5.07. The number of carboxylic acid groups (broad SMARTS) is 1. The van der Waals surface area contributed by atoms with E-state index in [9.17, 15) is 14.3 Å². The van der Waals surface area contributed by atoms with Crippen molar-refractivity contribution in [3.63, 3.8) is 0 Å². The van der Waals surface area contributed by atoms with E-state index in [4.69, 9.17) is 4.74 Å². The summed E-state index contributed by atoms with van der Waals surface area (Å²) >= 11 is 2.80. The number of likely N-dealkylation sites (N-methyl/N-ethyl adjacent to an activating group) is 1. The summed E-state index contributed by atoms with van der Waals surface area (Å²) in [6.45, 7) is 6.79. The number of aryl methyl sites for hydroxylation is 2. The molecule has 0 radical (unpaired) electrons. The van der Waals surface area contributed by atoms with Gasteiger partial charge in [-0.1, -0.05) is 35.3 Å². The van der Waals surface area contributed by atoms with Gasteiger partial charge >= 0.3 is 5.97 Å². The number of rotatable bonds is 11.